The van der Waals surface area contributed by atoms with Crippen molar-refractivity contribution in [3.8, 4) is 0 Å². The Kier molecular flexibility index (Phi) is 3.38. The van der Waals surface area contributed by atoms with Gasteiger partial charge in [0.2, 0.25) is 5.24 Å². The van der Waals surface area contributed by atoms with Crippen molar-refractivity contribution in [3.63, 3.8) is 0 Å². The second-order valence-electron chi connectivity index (χ2n) is 3.70. The zero-order valence-electron chi connectivity index (χ0n) is 6.98. The molecule has 1 nitrogen and oxygen atoms in total. The minimum atomic E-state index is -0.163. The van der Waals surface area contributed by atoms with Crippen molar-refractivity contribution < 1.29 is 4.79 Å². The molecule has 0 spiro atoms. The quantitative estimate of drug-likeness (QED) is 0.589. The van der Waals surface area contributed by atoms with Crippen LogP contribution in [0.1, 0.15) is 39.0 Å². The van der Waals surface area contributed by atoms with E-state index in [2.05, 4.69) is 6.92 Å². The summed E-state index contributed by atoms with van der Waals surface area (Å²) in [6.07, 6.45) is 5.58. The summed E-state index contributed by atoms with van der Waals surface area (Å²) in [4.78, 5) is 10.6. The third kappa shape index (κ3) is 3.24. The van der Waals surface area contributed by atoms with E-state index in [1.807, 2.05) is 0 Å². The van der Waals surface area contributed by atoms with E-state index in [0.29, 0.717) is 12.3 Å². The van der Waals surface area contributed by atoms with Crippen molar-refractivity contribution >= 4 is 16.8 Å². The summed E-state index contributed by atoms with van der Waals surface area (Å²) in [7, 11) is 0. The molecule has 0 bridgehead atoms. The average Bonchev–Trinajstić information content (AvgIpc) is 1.85. The Morgan fingerprint density at radius 3 is 2.82 bits per heavy atom. The van der Waals surface area contributed by atoms with E-state index in [-0.39, 0.29) is 5.24 Å². The molecule has 2 atom stereocenters. The van der Waals surface area contributed by atoms with Gasteiger partial charge < -0.3 is 0 Å². The van der Waals surface area contributed by atoms with Crippen LogP contribution in [0.4, 0.5) is 0 Å². The number of carbonyl (C=O) groups is 1. The lowest BCUT2D eigenvalue weighted by molar-refractivity contribution is -0.112. The summed E-state index contributed by atoms with van der Waals surface area (Å²) >= 11 is 5.32. The number of rotatable bonds is 2. The smallest absolute Gasteiger partial charge is 0.221 e. The van der Waals surface area contributed by atoms with E-state index in [9.17, 15) is 4.79 Å². The molecule has 64 valence electrons. The van der Waals surface area contributed by atoms with Crippen LogP contribution < -0.4 is 0 Å². The van der Waals surface area contributed by atoms with Crippen LogP contribution in [0.5, 0.6) is 0 Å². The standard InChI is InChI=1S/C9H15ClO/c1-7-3-2-4-8(5-7)6-9(10)11/h7-8H,2-6H2,1H3. The molecule has 2 heteroatoms. The van der Waals surface area contributed by atoms with Gasteiger partial charge in [-0.15, -0.1) is 0 Å². The third-order valence-corrected chi connectivity index (χ3v) is 2.65. The maximum absolute atomic E-state index is 10.6. The molecule has 0 saturated heterocycles. The highest BCUT2D eigenvalue weighted by Crippen LogP contribution is 2.30. The van der Waals surface area contributed by atoms with Gasteiger partial charge in [0.05, 0.1) is 0 Å². The van der Waals surface area contributed by atoms with Gasteiger partial charge in [0.25, 0.3) is 0 Å². The van der Waals surface area contributed by atoms with Gasteiger partial charge in [-0.3, -0.25) is 4.79 Å². The van der Waals surface area contributed by atoms with E-state index >= 15 is 0 Å². The molecule has 1 aliphatic carbocycles. The normalized spacial score (nSPS) is 31.8. The third-order valence-electron chi connectivity index (χ3n) is 2.49. The second-order valence-corrected chi connectivity index (χ2v) is 4.12. The van der Waals surface area contributed by atoms with Crippen molar-refractivity contribution in [1.82, 2.24) is 0 Å². The van der Waals surface area contributed by atoms with Gasteiger partial charge in [-0.05, 0) is 36.3 Å². The lowest BCUT2D eigenvalue weighted by atomic mass is 9.81. The highest BCUT2D eigenvalue weighted by Gasteiger charge is 2.20. The lowest BCUT2D eigenvalue weighted by Gasteiger charge is -2.25. The first-order valence-corrected chi connectivity index (χ1v) is 4.74. The zero-order valence-corrected chi connectivity index (χ0v) is 7.73. The molecule has 0 N–H and O–H groups in total. The van der Waals surface area contributed by atoms with Crippen LogP contribution >= 0.6 is 11.6 Å². The van der Waals surface area contributed by atoms with E-state index in [4.69, 9.17) is 11.6 Å². The Morgan fingerprint density at radius 2 is 2.27 bits per heavy atom. The lowest BCUT2D eigenvalue weighted by Crippen LogP contribution is -2.14. The molecular weight excluding hydrogens is 160 g/mol. The summed E-state index contributed by atoms with van der Waals surface area (Å²) in [5.41, 5.74) is 0. The van der Waals surface area contributed by atoms with Gasteiger partial charge in [0.1, 0.15) is 0 Å². The van der Waals surface area contributed by atoms with Crippen LogP contribution in [0.3, 0.4) is 0 Å². The van der Waals surface area contributed by atoms with Crippen LogP contribution in [0, 0.1) is 11.8 Å². The summed E-state index contributed by atoms with van der Waals surface area (Å²) in [6.45, 7) is 2.25. The van der Waals surface area contributed by atoms with Gasteiger partial charge in [0.15, 0.2) is 0 Å². The summed E-state index contributed by atoms with van der Waals surface area (Å²) in [6, 6.07) is 0. The predicted octanol–water partition coefficient (Wildman–Crippen LogP) is 2.97. The zero-order chi connectivity index (χ0) is 8.27. The molecule has 0 aliphatic heterocycles. The van der Waals surface area contributed by atoms with E-state index in [1.54, 1.807) is 0 Å². The monoisotopic (exact) mass is 174 g/mol. The predicted molar refractivity (Wildman–Crippen MR) is 46.6 cm³/mol. The van der Waals surface area contributed by atoms with E-state index < -0.39 is 0 Å². The molecule has 0 aromatic heterocycles. The minimum Gasteiger partial charge on any atom is -0.281 e. The van der Waals surface area contributed by atoms with Crippen LogP contribution in [-0.2, 0) is 4.79 Å². The van der Waals surface area contributed by atoms with Gasteiger partial charge in [0, 0.05) is 6.42 Å². The van der Waals surface area contributed by atoms with Crippen molar-refractivity contribution in [1.29, 1.82) is 0 Å². The van der Waals surface area contributed by atoms with Gasteiger partial charge in [-0.2, -0.15) is 0 Å². The molecule has 2 unspecified atom stereocenters. The molecule has 0 aromatic rings. The van der Waals surface area contributed by atoms with E-state index in [1.165, 1.54) is 25.7 Å². The largest absolute Gasteiger partial charge is 0.281 e. The van der Waals surface area contributed by atoms with Crippen molar-refractivity contribution in [3.05, 3.63) is 0 Å². The molecule has 0 aromatic carbocycles. The highest BCUT2D eigenvalue weighted by molar-refractivity contribution is 6.63. The molecule has 0 heterocycles. The molecule has 1 fully saturated rings. The summed E-state index contributed by atoms with van der Waals surface area (Å²) < 4.78 is 0. The van der Waals surface area contributed by atoms with Crippen LogP contribution in [0.2, 0.25) is 0 Å². The summed E-state index contributed by atoms with van der Waals surface area (Å²) in [5.74, 6) is 1.37. The Morgan fingerprint density at radius 1 is 1.55 bits per heavy atom. The topological polar surface area (TPSA) is 17.1 Å². The van der Waals surface area contributed by atoms with Gasteiger partial charge in [-0.25, -0.2) is 0 Å². The maximum Gasteiger partial charge on any atom is 0.221 e. The number of hydrogen-bond donors (Lipinski definition) is 0. The fraction of sp³-hybridized carbons (Fsp3) is 0.889. The summed E-state index contributed by atoms with van der Waals surface area (Å²) in [5, 5.41) is -0.163. The van der Waals surface area contributed by atoms with Gasteiger partial charge in [-0.1, -0.05) is 19.8 Å². The Bertz CT molecular complexity index is 144. The molecule has 0 amide bonds. The molecule has 0 radical (unpaired) electrons. The fourth-order valence-electron chi connectivity index (χ4n) is 1.97. The van der Waals surface area contributed by atoms with Crippen molar-refractivity contribution in [2.75, 3.05) is 0 Å². The molecule has 1 aliphatic rings. The first kappa shape index (κ1) is 9.05. The first-order valence-electron chi connectivity index (χ1n) is 4.37. The second kappa shape index (κ2) is 4.10. The van der Waals surface area contributed by atoms with Crippen LogP contribution in [-0.4, -0.2) is 5.24 Å². The van der Waals surface area contributed by atoms with Crippen LogP contribution in [0.15, 0.2) is 0 Å². The SMILES string of the molecule is CC1CCCC(CC(=O)Cl)C1. The van der Waals surface area contributed by atoms with Crippen molar-refractivity contribution in [2.45, 2.75) is 39.0 Å². The number of hydrogen-bond acceptors (Lipinski definition) is 1. The Hall–Kier alpha value is -0.0400. The fourth-order valence-corrected chi connectivity index (χ4v) is 2.19. The molecule has 1 rings (SSSR count). The van der Waals surface area contributed by atoms with E-state index in [0.717, 1.165) is 5.92 Å². The maximum atomic E-state index is 10.6. The van der Waals surface area contributed by atoms with Gasteiger partial charge >= 0.3 is 0 Å². The molecule has 1 saturated carbocycles. The molecular formula is C9H15ClO. The van der Waals surface area contributed by atoms with Crippen LogP contribution in [0.25, 0.3) is 0 Å². The van der Waals surface area contributed by atoms with Crippen molar-refractivity contribution in [2.24, 2.45) is 11.8 Å². The number of carbonyl (C=O) groups excluding carboxylic acids is 1. The minimum absolute atomic E-state index is 0.163. The first-order chi connectivity index (χ1) is 5.18. The Balaban J connectivity index is 2.28. The average molecular weight is 175 g/mol. The number of halogens is 1. The molecule has 11 heavy (non-hydrogen) atoms. The highest BCUT2D eigenvalue weighted by atomic mass is 35.5. The Labute approximate surface area is 73.1 Å².